The molecule has 1 N–H and O–H groups in total. The maximum Gasteiger partial charge on any atom is 0.323 e. The Morgan fingerprint density at radius 1 is 0.963 bits per heavy atom. The number of anilines is 1. The largest absolute Gasteiger partial charge is 0.468 e. The molecule has 6 nitrogen and oxygen atoms in total. The van der Waals surface area contributed by atoms with Crippen molar-refractivity contribution in [3.05, 3.63) is 65.7 Å². The van der Waals surface area contributed by atoms with E-state index in [2.05, 4.69) is 5.32 Å². The van der Waals surface area contributed by atoms with Crippen LogP contribution in [0.5, 0.6) is 0 Å². The molecule has 2 aliphatic heterocycles. The quantitative estimate of drug-likeness (QED) is 0.666. The first-order valence-electron chi connectivity index (χ1n) is 8.86. The minimum atomic E-state index is -0.850. The predicted octanol–water partition coefficient (Wildman–Crippen LogP) is 1.99. The number of hydrogen-bond acceptors (Lipinski definition) is 5. The summed E-state index contributed by atoms with van der Waals surface area (Å²) < 4.78 is 4.89. The highest BCUT2D eigenvalue weighted by molar-refractivity contribution is 6.23. The predicted molar refractivity (Wildman–Crippen MR) is 98.8 cm³/mol. The molecular formula is C21H20N2O4. The summed E-state index contributed by atoms with van der Waals surface area (Å²) in [6.07, 6.45) is 0. The van der Waals surface area contributed by atoms with Gasteiger partial charge in [0.25, 0.3) is 0 Å². The lowest BCUT2D eigenvalue weighted by Crippen LogP contribution is -2.43. The van der Waals surface area contributed by atoms with E-state index in [1.54, 1.807) is 24.3 Å². The van der Waals surface area contributed by atoms with E-state index < -0.39 is 29.9 Å². The van der Waals surface area contributed by atoms with Gasteiger partial charge >= 0.3 is 5.97 Å². The second kappa shape index (κ2) is 6.63. The van der Waals surface area contributed by atoms with Crippen LogP contribution in [0.3, 0.4) is 0 Å². The number of nitrogens with one attached hydrogen (secondary N) is 1. The number of benzene rings is 2. The zero-order valence-corrected chi connectivity index (χ0v) is 15.1. The van der Waals surface area contributed by atoms with Gasteiger partial charge in [0.1, 0.15) is 6.04 Å². The summed E-state index contributed by atoms with van der Waals surface area (Å²) in [6.45, 7) is 1.98. The Hall–Kier alpha value is -2.99. The molecule has 2 fully saturated rings. The summed E-state index contributed by atoms with van der Waals surface area (Å²) >= 11 is 0. The zero-order chi connectivity index (χ0) is 19.1. The van der Waals surface area contributed by atoms with Gasteiger partial charge < -0.3 is 4.74 Å². The summed E-state index contributed by atoms with van der Waals surface area (Å²) in [5, 5.41) is 3.17. The molecule has 2 aromatic carbocycles. The summed E-state index contributed by atoms with van der Waals surface area (Å²) in [7, 11) is 1.29. The Labute approximate surface area is 157 Å². The number of esters is 1. The third kappa shape index (κ3) is 2.73. The van der Waals surface area contributed by atoms with Gasteiger partial charge in [0.15, 0.2) is 0 Å². The fourth-order valence-electron chi connectivity index (χ4n) is 4.07. The molecule has 0 unspecified atom stereocenters. The van der Waals surface area contributed by atoms with Crippen LogP contribution in [0.4, 0.5) is 5.69 Å². The summed E-state index contributed by atoms with van der Waals surface area (Å²) in [5.41, 5.74) is 2.49. The topological polar surface area (TPSA) is 75.7 Å². The first-order chi connectivity index (χ1) is 13.0. The molecule has 2 saturated heterocycles. The summed E-state index contributed by atoms with van der Waals surface area (Å²) in [4.78, 5) is 39.9. The van der Waals surface area contributed by atoms with Gasteiger partial charge in [-0.15, -0.1) is 0 Å². The third-order valence-corrected chi connectivity index (χ3v) is 5.38. The molecule has 2 heterocycles. The van der Waals surface area contributed by atoms with Gasteiger partial charge in [-0.3, -0.25) is 19.7 Å². The van der Waals surface area contributed by atoms with E-state index in [0.29, 0.717) is 5.69 Å². The van der Waals surface area contributed by atoms with Crippen molar-refractivity contribution < 1.29 is 19.1 Å². The van der Waals surface area contributed by atoms with E-state index in [0.717, 1.165) is 11.1 Å². The van der Waals surface area contributed by atoms with Gasteiger partial charge in [-0.1, -0.05) is 48.0 Å². The van der Waals surface area contributed by atoms with E-state index in [1.807, 2.05) is 37.3 Å². The molecule has 0 saturated carbocycles. The second-order valence-corrected chi connectivity index (χ2v) is 6.95. The fraction of sp³-hybridized carbons (Fsp3) is 0.286. The van der Waals surface area contributed by atoms with Crippen LogP contribution in [-0.2, 0) is 19.1 Å². The number of methoxy groups -OCH3 is 1. The molecule has 0 aromatic heterocycles. The van der Waals surface area contributed by atoms with Crippen LogP contribution in [-0.4, -0.2) is 30.9 Å². The molecule has 27 heavy (non-hydrogen) atoms. The molecular weight excluding hydrogens is 344 g/mol. The normalized spacial score (nSPS) is 27.0. The first-order valence-corrected chi connectivity index (χ1v) is 8.86. The number of fused-ring (bicyclic) bond motifs is 1. The average molecular weight is 364 g/mol. The van der Waals surface area contributed by atoms with Crippen molar-refractivity contribution in [1.29, 1.82) is 0 Å². The van der Waals surface area contributed by atoms with Crippen molar-refractivity contribution in [3.63, 3.8) is 0 Å². The van der Waals surface area contributed by atoms with Gasteiger partial charge in [-0.05, 0) is 24.6 Å². The van der Waals surface area contributed by atoms with Gasteiger partial charge in [0.05, 0.1) is 24.6 Å². The Morgan fingerprint density at radius 2 is 1.59 bits per heavy atom. The van der Waals surface area contributed by atoms with Crippen molar-refractivity contribution in [1.82, 2.24) is 5.32 Å². The fourth-order valence-corrected chi connectivity index (χ4v) is 4.07. The number of hydrogen-bond donors (Lipinski definition) is 1. The maximum atomic E-state index is 13.2. The Morgan fingerprint density at radius 3 is 2.22 bits per heavy atom. The molecule has 0 spiro atoms. The molecule has 0 radical (unpaired) electrons. The minimum absolute atomic E-state index is 0.291. The van der Waals surface area contributed by atoms with Gasteiger partial charge in [-0.25, -0.2) is 4.90 Å². The maximum absolute atomic E-state index is 13.2. The van der Waals surface area contributed by atoms with Gasteiger partial charge in [0.2, 0.25) is 11.8 Å². The molecule has 138 valence electrons. The molecule has 0 bridgehead atoms. The third-order valence-electron chi connectivity index (χ3n) is 5.38. The molecule has 0 aliphatic carbocycles. The average Bonchev–Trinajstić information content (AvgIpc) is 3.20. The van der Waals surface area contributed by atoms with Crippen molar-refractivity contribution >= 4 is 23.5 Å². The number of nitrogens with zero attached hydrogens (tertiary/aromatic N) is 1. The highest BCUT2D eigenvalue weighted by Crippen LogP contribution is 2.45. The number of rotatable bonds is 3. The number of amides is 2. The highest BCUT2D eigenvalue weighted by atomic mass is 16.5. The van der Waals surface area contributed by atoms with Crippen LogP contribution in [0.15, 0.2) is 54.6 Å². The lowest BCUT2D eigenvalue weighted by Gasteiger charge is -2.22. The molecule has 4 rings (SSSR count). The number of ether oxygens (including phenoxy) is 1. The van der Waals surface area contributed by atoms with Crippen molar-refractivity contribution in [2.75, 3.05) is 12.0 Å². The SMILES string of the molecule is COC(=O)[C@H]1N[C@H](c2ccc(C)cc2)[C@H]2C(=O)N(c3ccccc3)C(=O)[C@H]21. The highest BCUT2D eigenvalue weighted by Gasteiger charge is 2.61. The van der Waals surface area contributed by atoms with Crippen LogP contribution in [0.1, 0.15) is 17.2 Å². The number of carbonyl (C=O) groups excluding carboxylic acids is 3. The Kier molecular flexibility index (Phi) is 4.28. The lowest BCUT2D eigenvalue weighted by atomic mass is 9.86. The van der Waals surface area contributed by atoms with Crippen LogP contribution in [0, 0.1) is 18.8 Å². The summed E-state index contributed by atoms with van der Waals surface area (Å²) in [5.74, 6) is -2.62. The van der Waals surface area contributed by atoms with Crippen molar-refractivity contribution in [2.45, 2.75) is 19.0 Å². The number of imide groups is 1. The van der Waals surface area contributed by atoms with Crippen LogP contribution in [0.25, 0.3) is 0 Å². The molecule has 6 heteroatoms. The van der Waals surface area contributed by atoms with E-state index in [4.69, 9.17) is 4.74 Å². The van der Waals surface area contributed by atoms with E-state index >= 15 is 0 Å². The van der Waals surface area contributed by atoms with Crippen molar-refractivity contribution in [2.24, 2.45) is 11.8 Å². The Bertz CT molecular complexity index is 894. The molecule has 2 amide bonds. The monoisotopic (exact) mass is 364 g/mol. The standard InChI is InChI=1S/C21H20N2O4/c1-12-8-10-13(11-9-12)17-15-16(18(22-17)21(26)27-2)20(25)23(19(15)24)14-6-4-3-5-7-14/h3-11,15-18,22H,1-2H3/t15-,16+,17+,18-/m0/s1. The first kappa shape index (κ1) is 17.4. The molecule has 4 atom stereocenters. The molecule has 2 aromatic rings. The number of para-hydroxylation sites is 1. The van der Waals surface area contributed by atoms with Crippen LogP contribution >= 0.6 is 0 Å². The van der Waals surface area contributed by atoms with E-state index in [9.17, 15) is 14.4 Å². The van der Waals surface area contributed by atoms with Crippen molar-refractivity contribution in [3.8, 4) is 0 Å². The zero-order valence-electron chi connectivity index (χ0n) is 15.1. The smallest absolute Gasteiger partial charge is 0.323 e. The van der Waals surface area contributed by atoms with Crippen LogP contribution < -0.4 is 10.2 Å². The van der Waals surface area contributed by atoms with E-state index in [-0.39, 0.29) is 11.8 Å². The van der Waals surface area contributed by atoms with Gasteiger partial charge in [0, 0.05) is 6.04 Å². The lowest BCUT2D eigenvalue weighted by molar-refractivity contribution is -0.145. The van der Waals surface area contributed by atoms with Gasteiger partial charge in [-0.2, -0.15) is 0 Å². The second-order valence-electron chi connectivity index (χ2n) is 6.95. The number of aryl methyl sites for hydroxylation is 1. The minimum Gasteiger partial charge on any atom is -0.468 e. The molecule has 2 aliphatic rings. The van der Waals surface area contributed by atoms with E-state index in [1.165, 1.54) is 12.0 Å². The Balaban J connectivity index is 1.77. The number of carbonyl (C=O) groups is 3. The van der Waals surface area contributed by atoms with Crippen LogP contribution in [0.2, 0.25) is 0 Å². The summed E-state index contributed by atoms with van der Waals surface area (Å²) in [6, 6.07) is 15.3.